The minimum atomic E-state index is 0.626. The third-order valence-electron chi connectivity index (χ3n) is 6.92. The van der Waals surface area contributed by atoms with Gasteiger partial charge in [0.2, 0.25) is 0 Å². The molecular formula is C34H22IN3S. The Morgan fingerprint density at radius 2 is 1.26 bits per heavy atom. The quantitative estimate of drug-likeness (QED) is 0.105. The summed E-state index contributed by atoms with van der Waals surface area (Å²) in [6.45, 7) is 4.47. The first-order valence-electron chi connectivity index (χ1n) is 12.7. The topological polar surface area (TPSA) is 29.6 Å². The zero-order chi connectivity index (χ0) is 26.3. The fourth-order valence-corrected chi connectivity index (χ4v) is 7.01. The molecule has 7 rings (SSSR count). The first kappa shape index (κ1) is 24.0. The molecule has 0 aliphatic rings. The molecule has 0 saturated carbocycles. The van der Waals surface area contributed by atoms with E-state index in [0.29, 0.717) is 11.7 Å². The Labute approximate surface area is 243 Å². The highest BCUT2D eigenvalue weighted by Gasteiger charge is 2.18. The van der Waals surface area contributed by atoms with Crippen LogP contribution in [0.3, 0.4) is 0 Å². The molecule has 0 aliphatic carbocycles. The summed E-state index contributed by atoms with van der Waals surface area (Å²) in [7, 11) is 0. The standard InChI is InChI=1S/C34H22IN3S/c1-22(36-34(24-14-6-3-7-15-24)37-33(35)23-12-4-2-5-13-23)38-28-18-10-8-17-27(28)31-29(38)21-20-26-25-16-9-11-19-30(25)39-32(26)31/h2-21H,1H2/b36-34-,37-33-. The normalized spacial score (nSPS) is 12.6. The number of thiophene rings is 1. The Kier molecular flexibility index (Phi) is 6.10. The average molecular weight is 632 g/mol. The van der Waals surface area contributed by atoms with Crippen LogP contribution >= 0.6 is 33.9 Å². The molecule has 3 nitrogen and oxygen atoms in total. The van der Waals surface area contributed by atoms with E-state index in [1.165, 1.54) is 30.9 Å². The summed E-state index contributed by atoms with van der Waals surface area (Å²) >= 11 is 4.13. The minimum Gasteiger partial charge on any atom is -0.294 e. The van der Waals surface area contributed by atoms with Crippen molar-refractivity contribution in [3.63, 3.8) is 0 Å². The summed E-state index contributed by atoms with van der Waals surface area (Å²) in [5.41, 5.74) is 4.17. The molecule has 0 spiro atoms. The van der Waals surface area contributed by atoms with Crippen LogP contribution in [0.5, 0.6) is 0 Å². The van der Waals surface area contributed by atoms with Crippen molar-refractivity contribution < 1.29 is 0 Å². The van der Waals surface area contributed by atoms with E-state index >= 15 is 0 Å². The van der Waals surface area contributed by atoms with Crippen LogP contribution in [0.1, 0.15) is 11.1 Å². The first-order chi connectivity index (χ1) is 19.2. The van der Waals surface area contributed by atoms with Crippen molar-refractivity contribution in [3.8, 4) is 0 Å². The summed E-state index contributed by atoms with van der Waals surface area (Å²) in [5.74, 6) is 1.25. The molecule has 5 heteroatoms. The number of para-hydroxylation sites is 1. The molecule has 0 radical (unpaired) electrons. The third kappa shape index (κ3) is 4.18. The van der Waals surface area contributed by atoms with Gasteiger partial charge < -0.3 is 0 Å². The van der Waals surface area contributed by atoms with Gasteiger partial charge in [-0.15, -0.1) is 11.3 Å². The molecule has 39 heavy (non-hydrogen) atoms. The molecule has 0 fully saturated rings. The van der Waals surface area contributed by atoms with Gasteiger partial charge >= 0.3 is 0 Å². The Bertz CT molecular complexity index is 2080. The summed E-state index contributed by atoms with van der Waals surface area (Å²) in [6, 6.07) is 41.9. The fraction of sp³-hybridized carbons (Fsp3) is 0. The molecule has 0 saturated heterocycles. The molecule has 7 aromatic rings. The molecule has 0 atom stereocenters. The van der Waals surface area contributed by atoms with Gasteiger partial charge in [0.05, 0.1) is 11.0 Å². The number of hydrogen-bond donors (Lipinski definition) is 0. The lowest BCUT2D eigenvalue weighted by atomic mass is 10.1. The number of amidine groups is 1. The molecule has 0 aliphatic heterocycles. The zero-order valence-corrected chi connectivity index (χ0v) is 23.9. The highest BCUT2D eigenvalue weighted by atomic mass is 127. The minimum absolute atomic E-state index is 0.626. The van der Waals surface area contributed by atoms with E-state index < -0.39 is 0 Å². The highest BCUT2D eigenvalue weighted by molar-refractivity contribution is 14.1. The van der Waals surface area contributed by atoms with E-state index in [2.05, 4.69) is 107 Å². The first-order valence-corrected chi connectivity index (χ1v) is 14.5. The Morgan fingerprint density at radius 3 is 2.03 bits per heavy atom. The fourth-order valence-electron chi connectivity index (χ4n) is 5.16. The highest BCUT2D eigenvalue weighted by Crippen LogP contribution is 2.43. The molecule has 2 aromatic heterocycles. The van der Waals surface area contributed by atoms with Crippen LogP contribution in [0, 0.1) is 0 Å². The second-order valence-electron chi connectivity index (χ2n) is 9.27. The maximum Gasteiger partial charge on any atom is 0.162 e. The predicted molar refractivity (Wildman–Crippen MR) is 178 cm³/mol. The van der Waals surface area contributed by atoms with Crippen LogP contribution in [-0.4, -0.2) is 14.1 Å². The lowest BCUT2D eigenvalue weighted by Gasteiger charge is -2.09. The lowest BCUT2D eigenvalue weighted by molar-refractivity contribution is 1.18. The molecule has 186 valence electrons. The van der Waals surface area contributed by atoms with Crippen LogP contribution in [-0.2, 0) is 0 Å². The van der Waals surface area contributed by atoms with Crippen LogP contribution in [0.15, 0.2) is 138 Å². The summed E-state index contributed by atoms with van der Waals surface area (Å²) in [4.78, 5) is 10.1. The Morgan fingerprint density at radius 1 is 0.615 bits per heavy atom. The maximum absolute atomic E-state index is 5.07. The molecule has 0 amide bonds. The van der Waals surface area contributed by atoms with Crippen molar-refractivity contribution in [2.45, 2.75) is 0 Å². The van der Waals surface area contributed by atoms with Crippen LogP contribution in [0.2, 0.25) is 0 Å². The van der Waals surface area contributed by atoms with Crippen molar-refractivity contribution in [2.24, 2.45) is 9.98 Å². The van der Waals surface area contributed by atoms with Gasteiger partial charge in [-0.25, -0.2) is 9.98 Å². The summed E-state index contributed by atoms with van der Waals surface area (Å²) in [5, 5.41) is 5.02. The predicted octanol–water partition coefficient (Wildman–Crippen LogP) is 9.92. The number of benzene rings is 5. The molecule has 2 heterocycles. The van der Waals surface area contributed by atoms with E-state index in [9.17, 15) is 0 Å². The number of hydrogen-bond acceptors (Lipinski definition) is 2. The van der Waals surface area contributed by atoms with E-state index in [0.717, 1.165) is 25.9 Å². The van der Waals surface area contributed by atoms with E-state index in [1.807, 2.05) is 59.9 Å². The SMILES string of the molecule is C=C(/N=C(\N=C(/I)c1ccccc1)c1ccccc1)n1c2ccccc2c2c3sc4ccccc4c3ccc21. The Hall–Kier alpha value is -4.07. The number of halogens is 1. The molecule has 5 aromatic carbocycles. The second-order valence-corrected chi connectivity index (χ2v) is 11.3. The molecule has 0 bridgehead atoms. The summed E-state index contributed by atoms with van der Waals surface area (Å²) < 4.78 is 5.63. The maximum atomic E-state index is 5.07. The number of aromatic nitrogens is 1. The second kappa shape index (κ2) is 9.91. The van der Waals surface area contributed by atoms with Gasteiger partial charge in [-0.05, 0) is 40.8 Å². The number of rotatable bonds is 4. The van der Waals surface area contributed by atoms with Gasteiger partial charge in [-0.3, -0.25) is 4.57 Å². The van der Waals surface area contributed by atoms with Crippen LogP contribution < -0.4 is 0 Å². The Balaban J connectivity index is 1.46. The monoisotopic (exact) mass is 631 g/mol. The van der Waals surface area contributed by atoms with Gasteiger partial charge in [0.1, 0.15) is 9.54 Å². The van der Waals surface area contributed by atoms with Crippen molar-refractivity contribution in [1.29, 1.82) is 0 Å². The number of nitrogens with zero attached hydrogens (tertiary/aromatic N) is 3. The van der Waals surface area contributed by atoms with Crippen molar-refractivity contribution in [3.05, 3.63) is 139 Å². The van der Waals surface area contributed by atoms with Gasteiger partial charge in [-0.1, -0.05) is 110 Å². The summed E-state index contributed by atoms with van der Waals surface area (Å²) in [6.07, 6.45) is 0. The van der Waals surface area contributed by atoms with E-state index in [-0.39, 0.29) is 0 Å². The van der Waals surface area contributed by atoms with Gasteiger partial charge in [-0.2, -0.15) is 0 Å². The van der Waals surface area contributed by atoms with Gasteiger partial charge in [0.25, 0.3) is 0 Å². The average Bonchev–Trinajstić information content (AvgIpc) is 3.53. The smallest absolute Gasteiger partial charge is 0.162 e. The lowest BCUT2D eigenvalue weighted by Crippen LogP contribution is -2.04. The van der Waals surface area contributed by atoms with Crippen molar-refractivity contribution >= 4 is 91.3 Å². The van der Waals surface area contributed by atoms with Gasteiger partial charge in [0.15, 0.2) is 5.84 Å². The molecule has 0 unspecified atom stereocenters. The van der Waals surface area contributed by atoms with E-state index in [4.69, 9.17) is 9.98 Å². The zero-order valence-electron chi connectivity index (χ0n) is 20.9. The van der Waals surface area contributed by atoms with Crippen molar-refractivity contribution in [1.82, 2.24) is 4.57 Å². The third-order valence-corrected chi connectivity index (χ3v) is 8.99. The van der Waals surface area contributed by atoms with Gasteiger partial charge in [0, 0.05) is 42.1 Å². The number of aliphatic imine (C=N–C) groups is 2. The molecular weight excluding hydrogens is 609 g/mol. The number of fused-ring (bicyclic) bond motifs is 7. The molecule has 0 N–H and O–H groups in total. The van der Waals surface area contributed by atoms with Crippen LogP contribution in [0.4, 0.5) is 0 Å². The van der Waals surface area contributed by atoms with Crippen molar-refractivity contribution in [2.75, 3.05) is 0 Å². The van der Waals surface area contributed by atoms with Crippen LogP contribution in [0.25, 0.3) is 47.8 Å². The largest absolute Gasteiger partial charge is 0.294 e. The van der Waals surface area contributed by atoms with E-state index in [1.54, 1.807) is 0 Å².